The van der Waals surface area contributed by atoms with Crippen LogP contribution in [0.2, 0.25) is 5.02 Å². The molecule has 1 heterocycles. The van der Waals surface area contributed by atoms with E-state index in [0.29, 0.717) is 9.63 Å². The predicted octanol–water partition coefficient (Wildman–Crippen LogP) is 2.55. The highest BCUT2D eigenvalue weighted by Gasteiger charge is 2.22. The number of nitrogens with one attached hydrogen (secondary N) is 1. The SMILES string of the molecule is Cn1nnc(Br)c1C(NN)c1ccc(Cl)cc1Br. The van der Waals surface area contributed by atoms with E-state index in [1.54, 1.807) is 11.7 Å². The van der Waals surface area contributed by atoms with Gasteiger partial charge in [0.25, 0.3) is 0 Å². The first-order valence-corrected chi connectivity index (χ1v) is 6.97. The molecule has 0 aliphatic carbocycles. The van der Waals surface area contributed by atoms with Crippen LogP contribution >= 0.6 is 43.5 Å². The Morgan fingerprint density at radius 1 is 1.44 bits per heavy atom. The fourth-order valence-corrected chi connectivity index (χ4v) is 3.16. The number of hydrogen-bond acceptors (Lipinski definition) is 4. The predicted molar refractivity (Wildman–Crippen MR) is 77.0 cm³/mol. The molecule has 1 unspecified atom stereocenters. The van der Waals surface area contributed by atoms with Crippen molar-refractivity contribution in [3.05, 3.63) is 43.6 Å². The Labute approximate surface area is 126 Å². The van der Waals surface area contributed by atoms with Crippen LogP contribution in [0.5, 0.6) is 0 Å². The lowest BCUT2D eigenvalue weighted by molar-refractivity contribution is 0.567. The zero-order valence-corrected chi connectivity index (χ0v) is 13.3. The second-order valence-electron chi connectivity index (χ2n) is 3.65. The van der Waals surface area contributed by atoms with Gasteiger partial charge in [0, 0.05) is 16.5 Å². The van der Waals surface area contributed by atoms with Crippen LogP contribution < -0.4 is 11.3 Å². The number of halogens is 3. The molecular weight excluding hydrogens is 385 g/mol. The minimum atomic E-state index is -0.244. The third-order valence-electron chi connectivity index (χ3n) is 2.54. The number of hydrazine groups is 1. The van der Waals surface area contributed by atoms with Gasteiger partial charge in [0.05, 0.1) is 11.7 Å². The molecule has 2 aromatic rings. The third kappa shape index (κ3) is 2.60. The normalized spacial score (nSPS) is 12.7. The van der Waals surface area contributed by atoms with Gasteiger partial charge >= 0.3 is 0 Å². The van der Waals surface area contributed by atoms with Crippen LogP contribution in [0.3, 0.4) is 0 Å². The highest BCUT2D eigenvalue weighted by Crippen LogP contribution is 2.32. The fourth-order valence-electron chi connectivity index (χ4n) is 1.70. The topological polar surface area (TPSA) is 68.8 Å². The van der Waals surface area contributed by atoms with E-state index in [9.17, 15) is 0 Å². The van der Waals surface area contributed by atoms with Crippen LogP contribution in [0.25, 0.3) is 0 Å². The van der Waals surface area contributed by atoms with Crippen molar-refractivity contribution in [3.8, 4) is 0 Å². The van der Waals surface area contributed by atoms with Crippen molar-refractivity contribution in [1.82, 2.24) is 20.4 Å². The van der Waals surface area contributed by atoms with E-state index in [-0.39, 0.29) is 6.04 Å². The Balaban J connectivity index is 2.52. The Morgan fingerprint density at radius 3 is 2.67 bits per heavy atom. The lowest BCUT2D eigenvalue weighted by Crippen LogP contribution is -2.31. The van der Waals surface area contributed by atoms with Crippen LogP contribution in [0.4, 0.5) is 0 Å². The summed E-state index contributed by atoms with van der Waals surface area (Å²) >= 11 is 12.8. The van der Waals surface area contributed by atoms with Gasteiger partial charge in [-0.2, -0.15) is 0 Å². The van der Waals surface area contributed by atoms with Crippen LogP contribution in [0.1, 0.15) is 17.3 Å². The second kappa shape index (κ2) is 5.66. The molecule has 0 saturated heterocycles. The van der Waals surface area contributed by atoms with E-state index < -0.39 is 0 Å². The maximum atomic E-state index is 5.93. The van der Waals surface area contributed by atoms with Gasteiger partial charge in [-0.3, -0.25) is 5.84 Å². The first-order valence-electron chi connectivity index (χ1n) is 5.00. The van der Waals surface area contributed by atoms with Gasteiger partial charge in [-0.05, 0) is 33.6 Å². The molecule has 18 heavy (non-hydrogen) atoms. The van der Waals surface area contributed by atoms with E-state index in [4.69, 9.17) is 17.4 Å². The molecule has 0 amide bonds. The first-order chi connectivity index (χ1) is 8.54. The maximum Gasteiger partial charge on any atom is 0.153 e. The van der Waals surface area contributed by atoms with E-state index in [2.05, 4.69) is 47.6 Å². The fraction of sp³-hybridized carbons (Fsp3) is 0.200. The molecule has 1 atom stereocenters. The standard InChI is InChI=1S/C10H10Br2ClN5/c1-18-9(10(12)16-17-18)8(15-14)6-3-2-5(13)4-7(6)11/h2-4,8,15H,14H2,1H3. The van der Waals surface area contributed by atoms with Gasteiger partial charge in [0.2, 0.25) is 0 Å². The summed E-state index contributed by atoms with van der Waals surface area (Å²) in [5.41, 5.74) is 4.54. The summed E-state index contributed by atoms with van der Waals surface area (Å²) in [6.07, 6.45) is 0. The monoisotopic (exact) mass is 393 g/mol. The molecule has 0 aliphatic rings. The van der Waals surface area contributed by atoms with Crippen molar-refractivity contribution in [2.24, 2.45) is 12.9 Å². The van der Waals surface area contributed by atoms with E-state index in [1.807, 2.05) is 18.2 Å². The van der Waals surface area contributed by atoms with Crippen molar-refractivity contribution in [1.29, 1.82) is 0 Å². The average Bonchev–Trinajstić information content (AvgIpc) is 2.64. The number of rotatable bonds is 3. The third-order valence-corrected chi connectivity index (χ3v) is 4.03. The van der Waals surface area contributed by atoms with Gasteiger partial charge in [-0.25, -0.2) is 10.1 Å². The molecule has 1 aromatic carbocycles. The summed E-state index contributed by atoms with van der Waals surface area (Å²) in [5, 5.41) is 8.55. The molecular formula is C10H10Br2ClN5. The average molecular weight is 395 g/mol. The van der Waals surface area contributed by atoms with Gasteiger partial charge in [-0.15, -0.1) is 5.10 Å². The second-order valence-corrected chi connectivity index (χ2v) is 5.70. The van der Waals surface area contributed by atoms with Crippen molar-refractivity contribution < 1.29 is 0 Å². The summed E-state index contributed by atoms with van der Waals surface area (Å²) in [4.78, 5) is 0. The number of aromatic nitrogens is 3. The smallest absolute Gasteiger partial charge is 0.153 e. The van der Waals surface area contributed by atoms with Crippen molar-refractivity contribution in [3.63, 3.8) is 0 Å². The van der Waals surface area contributed by atoms with E-state index in [1.165, 1.54) is 0 Å². The zero-order valence-electron chi connectivity index (χ0n) is 9.36. The molecule has 3 N–H and O–H groups in total. The number of benzene rings is 1. The lowest BCUT2D eigenvalue weighted by Gasteiger charge is -2.18. The lowest BCUT2D eigenvalue weighted by atomic mass is 10.1. The Hall–Kier alpha value is -0.470. The van der Waals surface area contributed by atoms with Gasteiger partial charge in [0.15, 0.2) is 4.60 Å². The van der Waals surface area contributed by atoms with Crippen LogP contribution in [-0.4, -0.2) is 15.0 Å². The Morgan fingerprint density at radius 2 is 2.17 bits per heavy atom. The summed E-state index contributed by atoms with van der Waals surface area (Å²) in [6.45, 7) is 0. The Kier molecular flexibility index (Phi) is 4.39. The minimum absolute atomic E-state index is 0.244. The van der Waals surface area contributed by atoms with Crippen molar-refractivity contribution >= 4 is 43.5 Å². The molecule has 0 aliphatic heterocycles. The molecule has 5 nitrogen and oxygen atoms in total. The molecule has 0 bridgehead atoms. The summed E-state index contributed by atoms with van der Waals surface area (Å²) in [5.74, 6) is 5.65. The van der Waals surface area contributed by atoms with E-state index >= 15 is 0 Å². The van der Waals surface area contributed by atoms with Crippen LogP contribution in [-0.2, 0) is 7.05 Å². The summed E-state index contributed by atoms with van der Waals surface area (Å²) < 4.78 is 3.18. The number of hydrogen-bond donors (Lipinski definition) is 2. The highest BCUT2D eigenvalue weighted by atomic mass is 79.9. The highest BCUT2D eigenvalue weighted by molar-refractivity contribution is 9.10. The number of aryl methyl sites for hydroxylation is 1. The molecule has 1 aromatic heterocycles. The summed E-state index contributed by atoms with van der Waals surface area (Å²) in [7, 11) is 1.81. The maximum absolute atomic E-state index is 5.93. The summed E-state index contributed by atoms with van der Waals surface area (Å²) in [6, 6.07) is 5.28. The van der Waals surface area contributed by atoms with Crippen LogP contribution in [0.15, 0.2) is 27.3 Å². The van der Waals surface area contributed by atoms with E-state index in [0.717, 1.165) is 15.7 Å². The molecule has 2 rings (SSSR count). The largest absolute Gasteiger partial charge is 0.271 e. The van der Waals surface area contributed by atoms with Gasteiger partial charge < -0.3 is 0 Å². The van der Waals surface area contributed by atoms with Crippen molar-refractivity contribution in [2.75, 3.05) is 0 Å². The Bertz CT molecular complexity index is 552. The van der Waals surface area contributed by atoms with Crippen molar-refractivity contribution in [2.45, 2.75) is 6.04 Å². The molecule has 0 saturated carbocycles. The van der Waals surface area contributed by atoms with Gasteiger partial charge in [-0.1, -0.05) is 38.8 Å². The number of nitrogens with two attached hydrogens (primary N) is 1. The van der Waals surface area contributed by atoms with Crippen LogP contribution in [0, 0.1) is 0 Å². The molecule has 0 spiro atoms. The van der Waals surface area contributed by atoms with Gasteiger partial charge in [0.1, 0.15) is 0 Å². The zero-order chi connectivity index (χ0) is 13.3. The molecule has 96 valence electrons. The molecule has 8 heteroatoms. The first kappa shape index (κ1) is 14.0. The number of nitrogens with zero attached hydrogens (tertiary/aromatic N) is 3. The minimum Gasteiger partial charge on any atom is -0.271 e. The molecule has 0 radical (unpaired) electrons. The quantitative estimate of drug-likeness (QED) is 0.619. The molecule has 0 fully saturated rings.